The van der Waals surface area contributed by atoms with Gasteiger partial charge in [0.05, 0.1) is 0 Å². The van der Waals surface area contributed by atoms with Gasteiger partial charge in [-0.3, -0.25) is 0 Å². The van der Waals surface area contributed by atoms with Crippen LogP contribution in [-0.2, 0) is 0 Å². The summed E-state index contributed by atoms with van der Waals surface area (Å²) in [6, 6.07) is 3.72. The van der Waals surface area contributed by atoms with Gasteiger partial charge >= 0.3 is 0 Å². The minimum Gasteiger partial charge on any atom is -0.415 e. The smallest absolute Gasteiger partial charge is 0.284 e. The van der Waals surface area contributed by atoms with Crippen LogP contribution in [0.15, 0.2) is 24.7 Å². The molecule has 9 heavy (non-hydrogen) atoms. The van der Waals surface area contributed by atoms with E-state index in [0.717, 1.165) is 10.1 Å². The molecule has 0 amide bonds. The van der Waals surface area contributed by atoms with E-state index in [-0.39, 0.29) is 0 Å². The van der Waals surface area contributed by atoms with Crippen molar-refractivity contribution in [3.63, 3.8) is 0 Å². The lowest BCUT2D eigenvalue weighted by atomic mass is 10.6. The fraction of sp³-hybridized carbons (Fsp3) is 0. The number of ether oxygens (including phenoxy) is 2. The van der Waals surface area contributed by atoms with E-state index in [2.05, 4.69) is 6.58 Å². The minimum atomic E-state index is 0.365. The highest BCUT2D eigenvalue weighted by Crippen LogP contribution is 2.36. The SMILES string of the molecule is C=C1Oc2ccc(s2)O1. The predicted octanol–water partition coefficient (Wildman–Crippen LogP) is 1.99. The Kier molecular flexibility index (Phi) is 0.818. The first-order valence-electron chi connectivity index (χ1n) is 2.49. The predicted molar refractivity (Wildman–Crippen MR) is 34.7 cm³/mol. The zero-order chi connectivity index (χ0) is 6.27. The summed E-state index contributed by atoms with van der Waals surface area (Å²) in [7, 11) is 0. The molecule has 0 aliphatic carbocycles. The van der Waals surface area contributed by atoms with Crippen LogP contribution in [-0.4, -0.2) is 0 Å². The largest absolute Gasteiger partial charge is 0.415 e. The van der Waals surface area contributed by atoms with Gasteiger partial charge < -0.3 is 9.47 Å². The Morgan fingerprint density at radius 3 is 2.33 bits per heavy atom. The molecule has 0 saturated heterocycles. The number of fused-ring (bicyclic) bond motifs is 2. The van der Waals surface area contributed by atoms with Crippen LogP contribution in [0.1, 0.15) is 0 Å². The molecule has 2 bridgehead atoms. The molecule has 1 aromatic rings. The highest BCUT2D eigenvalue weighted by atomic mass is 32.1. The second-order valence-electron chi connectivity index (χ2n) is 1.65. The maximum Gasteiger partial charge on any atom is 0.284 e. The van der Waals surface area contributed by atoms with Crippen LogP contribution in [0.25, 0.3) is 0 Å². The monoisotopic (exact) mass is 140 g/mol. The van der Waals surface area contributed by atoms with Crippen molar-refractivity contribution in [2.24, 2.45) is 0 Å². The molecule has 0 spiro atoms. The second-order valence-corrected chi connectivity index (χ2v) is 2.66. The summed E-state index contributed by atoms with van der Waals surface area (Å²) in [5.74, 6) is 0.365. The zero-order valence-electron chi connectivity index (χ0n) is 4.59. The summed E-state index contributed by atoms with van der Waals surface area (Å²) in [4.78, 5) is 0. The molecule has 0 unspecified atom stereocenters. The van der Waals surface area contributed by atoms with Gasteiger partial charge in [0.25, 0.3) is 5.95 Å². The zero-order valence-corrected chi connectivity index (χ0v) is 5.40. The molecule has 0 saturated carbocycles. The van der Waals surface area contributed by atoms with Crippen LogP contribution in [0.5, 0.6) is 10.1 Å². The highest BCUT2D eigenvalue weighted by Gasteiger charge is 2.11. The van der Waals surface area contributed by atoms with Crippen LogP contribution < -0.4 is 9.47 Å². The molecule has 46 valence electrons. The van der Waals surface area contributed by atoms with Gasteiger partial charge in [0.2, 0.25) is 0 Å². The summed E-state index contributed by atoms with van der Waals surface area (Å²) in [5, 5.41) is 1.70. The number of rotatable bonds is 0. The maximum atomic E-state index is 5.03. The molecular formula is C6H4O2S. The Morgan fingerprint density at radius 2 is 1.78 bits per heavy atom. The summed E-state index contributed by atoms with van der Waals surface area (Å²) in [5.41, 5.74) is 0. The molecule has 0 radical (unpaired) electrons. The third-order valence-corrected chi connectivity index (χ3v) is 1.83. The van der Waals surface area contributed by atoms with E-state index in [9.17, 15) is 0 Å². The Bertz CT molecular complexity index is 229. The quantitative estimate of drug-likeness (QED) is 0.548. The van der Waals surface area contributed by atoms with Gasteiger partial charge in [-0.05, 0) is 18.7 Å². The van der Waals surface area contributed by atoms with Crippen molar-refractivity contribution in [3.8, 4) is 10.1 Å². The number of hydrogen-bond acceptors (Lipinski definition) is 3. The van der Waals surface area contributed by atoms with Gasteiger partial charge in [-0.15, -0.1) is 0 Å². The van der Waals surface area contributed by atoms with Crippen molar-refractivity contribution in [1.29, 1.82) is 0 Å². The lowest BCUT2D eigenvalue weighted by molar-refractivity contribution is 0.235. The van der Waals surface area contributed by atoms with E-state index >= 15 is 0 Å². The van der Waals surface area contributed by atoms with Crippen LogP contribution in [0.2, 0.25) is 0 Å². The third kappa shape index (κ3) is 0.695. The van der Waals surface area contributed by atoms with Gasteiger partial charge in [-0.2, -0.15) is 0 Å². The lowest BCUT2D eigenvalue weighted by Gasteiger charge is -2.08. The van der Waals surface area contributed by atoms with E-state index in [1.165, 1.54) is 11.3 Å². The van der Waals surface area contributed by atoms with Crippen LogP contribution in [0.4, 0.5) is 0 Å². The number of hydrogen-bond donors (Lipinski definition) is 0. The summed E-state index contributed by atoms with van der Waals surface area (Å²) < 4.78 is 10.1. The molecule has 0 atom stereocenters. The van der Waals surface area contributed by atoms with Gasteiger partial charge in [-0.25, -0.2) is 0 Å². The Balaban J connectivity index is 2.51. The molecule has 0 N–H and O–H groups in total. The van der Waals surface area contributed by atoms with Gasteiger partial charge in [-0.1, -0.05) is 11.3 Å². The molecule has 2 nitrogen and oxygen atoms in total. The lowest BCUT2D eigenvalue weighted by Crippen LogP contribution is -2.00. The maximum absolute atomic E-state index is 5.03. The molecule has 2 heterocycles. The van der Waals surface area contributed by atoms with Gasteiger partial charge in [0.15, 0.2) is 10.1 Å². The van der Waals surface area contributed by atoms with E-state index in [0.29, 0.717) is 5.95 Å². The van der Waals surface area contributed by atoms with Crippen molar-refractivity contribution in [1.82, 2.24) is 0 Å². The fourth-order valence-corrected chi connectivity index (χ4v) is 1.40. The van der Waals surface area contributed by atoms with Crippen LogP contribution >= 0.6 is 11.3 Å². The van der Waals surface area contributed by atoms with Gasteiger partial charge in [0, 0.05) is 0 Å². The number of thiophene rings is 1. The average molecular weight is 140 g/mol. The fourth-order valence-electron chi connectivity index (χ4n) is 0.658. The van der Waals surface area contributed by atoms with Crippen molar-refractivity contribution in [2.75, 3.05) is 0 Å². The summed E-state index contributed by atoms with van der Waals surface area (Å²) in [6.07, 6.45) is 0. The molecule has 3 heteroatoms. The molecule has 2 rings (SSSR count). The first-order valence-corrected chi connectivity index (χ1v) is 3.31. The van der Waals surface area contributed by atoms with E-state index < -0.39 is 0 Å². The molecular weight excluding hydrogens is 136 g/mol. The molecule has 1 aliphatic heterocycles. The Labute approximate surface area is 56.3 Å². The van der Waals surface area contributed by atoms with Crippen molar-refractivity contribution in [2.45, 2.75) is 0 Å². The Morgan fingerprint density at radius 1 is 1.22 bits per heavy atom. The van der Waals surface area contributed by atoms with Crippen molar-refractivity contribution in [3.05, 3.63) is 24.7 Å². The van der Waals surface area contributed by atoms with E-state index in [1.54, 1.807) is 0 Å². The van der Waals surface area contributed by atoms with Crippen molar-refractivity contribution >= 4 is 11.3 Å². The second kappa shape index (κ2) is 1.51. The molecule has 1 aliphatic rings. The average Bonchev–Trinajstić information content (AvgIpc) is 2.11. The topological polar surface area (TPSA) is 18.5 Å². The first-order chi connectivity index (χ1) is 4.34. The minimum absolute atomic E-state index is 0.365. The van der Waals surface area contributed by atoms with Crippen molar-refractivity contribution < 1.29 is 9.47 Å². The van der Waals surface area contributed by atoms with E-state index in [1.807, 2.05) is 12.1 Å². The normalized spacial score (nSPS) is 14.4. The molecule has 1 aromatic heterocycles. The Hall–Kier alpha value is -0.960. The highest BCUT2D eigenvalue weighted by molar-refractivity contribution is 7.15. The molecule has 0 fully saturated rings. The summed E-state index contributed by atoms with van der Waals surface area (Å²) in [6.45, 7) is 3.52. The van der Waals surface area contributed by atoms with Crippen LogP contribution in [0, 0.1) is 0 Å². The van der Waals surface area contributed by atoms with Gasteiger partial charge in [0.1, 0.15) is 0 Å². The summed E-state index contributed by atoms with van der Waals surface area (Å²) >= 11 is 1.47. The standard InChI is InChI=1S/C6H4O2S/c1-4-7-5-2-3-6(8-4)9-5/h2-3H,1H2. The van der Waals surface area contributed by atoms with Crippen LogP contribution in [0.3, 0.4) is 0 Å². The third-order valence-electron chi connectivity index (χ3n) is 0.986. The molecule has 0 aromatic carbocycles. The van der Waals surface area contributed by atoms with E-state index in [4.69, 9.17) is 9.47 Å². The first kappa shape index (κ1) is 4.88.